The second-order valence-electron chi connectivity index (χ2n) is 5.94. The monoisotopic (exact) mass is 330 g/mol. The van der Waals surface area contributed by atoms with E-state index in [0.29, 0.717) is 10.1 Å². The van der Waals surface area contributed by atoms with Crippen LogP contribution >= 0.6 is 11.3 Å². The van der Waals surface area contributed by atoms with E-state index in [9.17, 15) is 8.42 Å². The lowest BCUT2D eigenvalue weighted by atomic mass is 9.87. The van der Waals surface area contributed by atoms with Crippen LogP contribution in [-0.2, 0) is 16.6 Å². The van der Waals surface area contributed by atoms with Gasteiger partial charge in [-0.3, -0.25) is 0 Å². The van der Waals surface area contributed by atoms with Crippen molar-refractivity contribution < 1.29 is 8.42 Å². The molecule has 6 heteroatoms. The molecule has 1 aromatic rings. The standard InChI is InChI=1S/C15H26N2O2S2/c1-4-16-10-14-12(3)9-15(20-14)21(18,19)17-13-8-6-5-7-11(13)2/h9,11,13,16-17H,4-8,10H2,1-3H3. The van der Waals surface area contributed by atoms with Gasteiger partial charge in [-0.05, 0) is 43.9 Å². The Morgan fingerprint density at radius 3 is 2.71 bits per heavy atom. The molecular weight excluding hydrogens is 304 g/mol. The van der Waals surface area contributed by atoms with Crippen molar-refractivity contribution in [1.82, 2.24) is 10.0 Å². The van der Waals surface area contributed by atoms with Crippen LogP contribution in [0.4, 0.5) is 0 Å². The van der Waals surface area contributed by atoms with Gasteiger partial charge in [0.1, 0.15) is 4.21 Å². The molecule has 1 aliphatic carbocycles. The zero-order chi connectivity index (χ0) is 15.5. The van der Waals surface area contributed by atoms with Crippen LogP contribution in [0.25, 0.3) is 0 Å². The van der Waals surface area contributed by atoms with Crippen molar-refractivity contribution in [2.24, 2.45) is 5.92 Å². The Morgan fingerprint density at radius 2 is 2.05 bits per heavy atom. The Kier molecular flexibility index (Phi) is 5.82. The quantitative estimate of drug-likeness (QED) is 0.843. The summed E-state index contributed by atoms with van der Waals surface area (Å²) in [6, 6.07) is 1.89. The van der Waals surface area contributed by atoms with Gasteiger partial charge < -0.3 is 5.32 Å². The maximum atomic E-state index is 12.6. The molecule has 2 atom stereocenters. The molecule has 1 fully saturated rings. The predicted molar refractivity (Wildman–Crippen MR) is 88.2 cm³/mol. The van der Waals surface area contributed by atoms with Crippen molar-refractivity contribution in [1.29, 1.82) is 0 Å². The summed E-state index contributed by atoms with van der Waals surface area (Å²) >= 11 is 1.38. The highest BCUT2D eigenvalue weighted by Crippen LogP contribution is 2.29. The fourth-order valence-corrected chi connectivity index (χ4v) is 5.74. The first kappa shape index (κ1) is 16.9. The van der Waals surface area contributed by atoms with E-state index in [1.54, 1.807) is 6.07 Å². The van der Waals surface area contributed by atoms with Crippen LogP contribution in [0.15, 0.2) is 10.3 Å². The number of rotatable bonds is 6. The summed E-state index contributed by atoms with van der Waals surface area (Å²) in [6.07, 6.45) is 4.40. The van der Waals surface area contributed by atoms with Gasteiger partial charge in [0.2, 0.25) is 10.0 Å². The van der Waals surface area contributed by atoms with Gasteiger partial charge in [0.25, 0.3) is 0 Å². The molecule has 0 saturated heterocycles. The molecule has 0 amide bonds. The molecule has 2 unspecified atom stereocenters. The molecule has 1 aromatic heterocycles. The first-order chi connectivity index (χ1) is 9.94. The summed E-state index contributed by atoms with van der Waals surface area (Å²) in [6.45, 7) is 7.79. The van der Waals surface area contributed by atoms with E-state index >= 15 is 0 Å². The Balaban J connectivity index is 2.11. The van der Waals surface area contributed by atoms with Gasteiger partial charge in [-0.2, -0.15) is 0 Å². The van der Waals surface area contributed by atoms with E-state index in [-0.39, 0.29) is 6.04 Å². The Hall–Kier alpha value is -0.430. The maximum absolute atomic E-state index is 12.6. The van der Waals surface area contributed by atoms with Crippen molar-refractivity contribution in [3.05, 3.63) is 16.5 Å². The second-order valence-corrected chi connectivity index (χ2v) is 9.02. The highest BCUT2D eigenvalue weighted by atomic mass is 32.2. The zero-order valence-corrected chi connectivity index (χ0v) is 14.7. The largest absolute Gasteiger partial charge is 0.312 e. The van der Waals surface area contributed by atoms with Gasteiger partial charge in [0.05, 0.1) is 0 Å². The number of hydrogen-bond acceptors (Lipinski definition) is 4. The molecule has 1 saturated carbocycles. The lowest BCUT2D eigenvalue weighted by Gasteiger charge is -2.28. The molecule has 120 valence electrons. The van der Waals surface area contributed by atoms with Crippen LogP contribution in [0.1, 0.15) is 50.0 Å². The number of sulfonamides is 1. The minimum absolute atomic E-state index is 0.0865. The molecule has 0 aromatic carbocycles. The lowest BCUT2D eigenvalue weighted by molar-refractivity contribution is 0.310. The summed E-state index contributed by atoms with van der Waals surface area (Å²) in [5, 5.41) is 3.25. The van der Waals surface area contributed by atoms with E-state index < -0.39 is 10.0 Å². The number of thiophene rings is 1. The van der Waals surface area contributed by atoms with E-state index in [0.717, 1.165) is 42.8 Å². The minimum Gasteiger partial charge on any atom is -0.312 e. The van der Waals surface area contributed by atoms with E-state index in [1.165, 1.54) is 17.8 Å². The molecule has 1 aliphatic rings. The van der Waals surface area contributed by atoms with Crippen LogP contribution in [0.5, 0.6) is 0 Å². The molecule has 1 heterocycles. The van der Waals surface area contributed by atoms with Crippen LogP contribution in [-0.4, -0.2) is 21.0 Å². The van der Waals surface area contributed by atoms with Crippen molar-refractivity contribution in [2.45, 2.75) is 63.3 Å². The van der Waals surface area contributed by atoms with Crippen LogP contribution in [0, 0.1) is 12.8 Å². The molecule has 0 spiro atoms. The molecule has 0 aliphatic heterocycles. The molecule has 0 radical (unpaired) electrons. The fourth-order valence-electron chi connectivity index (χ4n) is 2.78. The summed E-state index contributed by atoms with van der Waals surface area (Å²) in [5.41, 5.74) is 1.05. The third-order valence-electron chi connectivity index (χ3n) is 4.22. The average molecular weight is 331 g/mol. The lowest BCUT2D eigenvalue weighted by Crippen LogP contribution is -2.40. The van der Waals surface area contributed by atoms with Gasteiger partial charge in [-0.25, -0.2) is 13.1 Å². The normalized spacial score (nSPS) is 23.4. The smallest absolute Gasteiger partial charge is 0.250 e. The Bertz CT molecular complexity index is 566. The highest BCUT2D eigenvalue weighted by molar-refractivity contribution is 7.91. The third-order valence-corrected chi connectivity index (χ3v) is 7.42. The Labute approximate surface area is 132 Å². The third kappa shape index (κ3) is 4.28. The fraction of sp³-hybridized carbons (Fsp3) is 0.733. The summed E-state index contributed by atoms with van der Waals surface area (Å²) in [7, 11) is -3.38. The predicted octanol–water partition coefficient (Wildman–Crippen LogP) is 3.02. The van der Waals surface area contributed by atoms with Crippen LogP contribution in [0.2, 0.25) is 0 Å². The second kappa shape index (κ2) is 7.22. The van der Waals surface area contributed by atoms with Gasteiger partial charge in [-0.1, -0.05) is 26.7 Å². The highest BCUT2D eigenvalue weighted by Gasteiger charge is 2.28. The molecule has 2 N–H and O–H groups in total. The van der Waals surface area contributed by atoms with Gasteiger partial charge in [-0.15, -0.1) is 11.3 Å². The Morgan fingerprint density at radius 1 is 1.33 bits per heavy atom. The maximum Gasteiger partial charge on any atom is 0.250 e. The van der Waals surface area contributed by atoms with E-state index in [1.807, 2.05) is 13.8 Å². The first-order valence-electron chi connectivity index (χ1n) is 7.76. The van der Waals surface area contributed by atoms with Crippen LogP contribution < -0.4 is 10.0 Å². The van der Waals surface area contributed by atoms with Crippen molar-refractivity contribution in [3.63, 3.8) is 0 Å². The molecule has 4 nitrogen and oxygen atoms in total. The van der Waals surface area contributed by atoms with Crippen molar-refractivity contribution in [3.8, 4) is 0 Å². The van der Waals surface area contributed by atoms with Gasteiger partial charge in [0.15, 0.2) is 0 Å². The average Bonchev–Trinajstić information content (AvgIpc) is 2.81. The first-order valence-corrected chi connectivity index (χ1v) is 10.1. The van der Waals surface area contributed by atoms with E-state index in [4.69, 9.17) is 0 Å². The number of aryl methyl sites for hydroxylation is 1. The molecule has 2 rings (SSSR count). The number of hydrogen-bond donors (Lipinski definition) is 2. The summed E-state index contributed by atoms with van der Waals surface area (Å²) in [4.78, 5) is 1.11. The molecule has 21 heavy (non-hydrogen) atoms. The SMILES string of the molecule is CCNCc1sc(S(=O)(=O)NC2CCCCC2C)cc1C. The van der Waals surface area contributed by atoms with E-state index in [2.05, 4.69) is 17.0 Å². The zero-order valence-electron chi connectivity index (χ0n) is 13.1. The number of nitrogens with one attached hydrogen (secondary N) is 2. The topological polar surface area (TPSA) is 58.2 Å². The molecule has 0 bridgehead atoms. The van der Waals surface area contributed by atoms with Gasteiger partial charge >= 0.3 is 0 Å². The summed E-state index contributed by atoms with van der Waals surface area (Å²) in [5.74, 6) is 0.427. The van der Waals surface area contributed by atoms with Crippen molar-refractivity contribution >= 4 is 21.4 Å². The molecular formula is C15H26N2O2S2. The minimum atomic E-state index is -3.38. The summed E-state index contributed by atoms with van der Waals surface area (Å²) < 4.78 is 28.5. The van der Waals surface area contributed by atoms with Gasteiger partial charge in [0, 0.05) is 17.5 Å². The van der Waals surface area contributed by atoms with Crippen molar-refractivity contribution in [2.75, 3.05) is 6.54 Å². The van der Waals surface area contributed by atoms with Crippen LogP contribution in [0.3, 0.4) is 0 Å².